The molecule has 2 fully saturated rings. The number of rotatable bonds is 3. The minimum Gasteiger partial charge on any atom is -0.403 e. The topological polar surface area (TPSA) is 18.5 Å². The van der Waals surface area contributed by atoms with Gasteiger partial charge >= 0.3 is 7.12 Å². The monoisotopic (exact) mass is 344 g/mol. The highest BCUT2D eigenvalue weighted by Crippen LogP contribution is 2.47. The summed E-state index contributed by atoms with van der Waals surface area (Å²) in [6.45, 7) is 13.7. The summed E-state index contributed by atoms with van der Waals surface area (Å²) in [5.74, 6) is 0.558. The highest BCUT2D eigenvalue weighted by molar-refractivity contribution is 6.91. The minimum atomic E-state index is -1.39. The highest BCUT2D eigenvalue weighted by atomic mass is 28.3. The summed E-state index contributed by atoms with van der Waals surface area (Å²) < 4.78 is 12.6. The second kappa shape index (κ2) is 6.30. The van der Waals surface area contributed by atoms with Gasteiger partial charge in [0, 0.05) is 0 Å². The number of hydrogen-bond donors (Lipinski definition) is 0. The van der Waals surface area contributed by atoms with Crippen molar-refractivity contribution in [1.82, 2.24) is 0 Å². The molecule has 3 rings (SSSR count). The van der Waals surface area contributed by atoms with E-state index in [1.165, 1.54) is 25.7 Å². The summed E-state index contributed by atoms with van der Waals surface area (Å²) in [6, 6.07) is 11.2. The van der Waals surface area contributed by atoms with Crippen LogP contribution in [0.2, 0.25) is 24.5 Å². The Morgan fingerprint density at radius 1 is 0.875 bits per heavy atom. The van der Waals surface area contributed by atoms with E-state index < -0.39 is 8.07 Å². The van der Waals surface area contributed by atoms with Crippen molar-refractivity contribution < 1.29 is 9.31 Å². The number of hydrogen-bond acceptors (Lipinski definition) is 2. The third kappa shape index (κ3) is 3.25. The fourth-order valence-corrected chi connectivity index (χ4v) is 7.60. The standard InChI is InChI=1S/C20H33BO2Si/c1-19(2)20(3,4)23-21(22-19)16-12-14-18(15-13-16)24(5,6)17-10-8-7-9-11-17/h7-11,16,18H,12-15H2,1-6H3. The molecular formula is C20H33BO2Si. The lowest BCUT2D eigenvalue weighted by Gasteiger charge is -2.38. The van der Waals surface area contributed by atoms with Gasteiger partial charge in [0.25, 0.3) is 0 Å². The van der Waals surface area contributed by atoms with Gasteiger partial charge in [-0.3, -0.25) is 0 Å². The molecule has 2 nitrogen and oxygen atoms in total. The van der Waals surface area contributed by atoms with Crippen LogP contribution < -0.4 is 5.19 Å². The summed E-state index contributed by atoms with van der Waals surface area (Å²) in [4.78, 5) is 0. The van der Waals surface area contributed by atoms with Crippen LogP contribution in [0.3, 0.4) is 0 Å². The molecule has 0 bridgehead atoms. The molecule has 1 aliphatic carbocycles. The lowest BCUT2D eigenvalue weighted by molar-refractivity contribution is 0.00578. The molecule has 0 amide bonds. The average molecular weight is 344 g/mol. The van der Waals surface area contributed by atoms with Crippen LogP contribution in [-0.2, 0) is 9.31 Å². The van der Waals surface area contributed by atoms with E-state index in [4.69, 9.17) is 9.31 Å². The highest BCUT2D eigenvalue weighted by Gasteiger charge is 2.54. The predicted octanol–water partition coefficient (Wildman–Crippen LogP) is 5.01. The van der Waals surface area contributed by atoms with Crippen molar-refractivity contribution >= 4 is 20.4 Å². The molecule has 0 aromatic heterocycles. The molecule has 1 saturated carbocycles. The van der Waals surface area contributed by atoms with Gasteiger partial charge < -0.3 is 9.31 Å². The first-order valence-corrected chi connectivity index (χ1v) is 12.6. The van der Waals surface area contributed by atoms with Crippen LogP contribution in [0.1, 0.15) is 53.4 Å². The molecule has 1 aromatic carbocycles. The van der Waals surface area contributed by atoms with Crippen LogP contribution in [0, 0.1) is 0 Å². The summed E-state index contributed by atoms with van der Waals surface area (Å²) in [7, 11) is -1.40. The van der Waals surface area contributed by atoms with Gasteiger partial charge in [-0.25, -0.2) is 0 Å². The van der Waals surface area contributed by atoms with E-state index >= 15 is 0 Å². The van der Waals surface area contributed by atoms with Gasteiger partial charge in [0.05, 0.1) is 19.3 Å². The molecule has 0 unspecified atom stereocenters. The summed E-state index contributed by atoms with van der Waals surface area (Å²) in [5, 5.41) is 1.60. The smallest absolute Gasteiger partial charge is 0.403 e. The molecule has 1 saturated heterocycles. The van der Waals surface area contributed by atoms with Gasteiger partial charge in [0.2, 0.25) is 0 Å². The Bertz CT molecular complexity index is 546. The van der Waals surface area contributed by atoms with E-state index in [-0.39, 0.29) is 18.3 Å². The SMILES string of the molecule is CC1(C)OB(C2CCC([Si](C)(C)c3ccccc3)CC2)OC1(C)C. The maximum atomic E-state index is 6.30. The quantitative estimate of drug-likeness (QED) is 0.718. The van der Waals surface area contributed by atoms with Crippen molar-refractivity contribution in [3.63, 3.8) is 0 Å². The second-order valence-corrected chi connectivity index (χ2v) is 14.2. The Morgan fingerprint density at radius 2 is 1.38 bits per heavy atom. The van der Waals surface area contributed by atoms with Crippen LogP contribution in [0.5, 0.6) is 0 Å². The zero-order chi connectivity index (χ0) is 17.6. The Morgan fingerprint density at radius 3 is 1.88 bits per heavy atom. The molecule has 4 heteroatoms. The molecule has 0 N–H and O–H groups in total. The van der Waals surface area contributed by atoms with E-state index in [1.807, 2.05) is 0 Å². The molecule has 1 aliphatic heterocycles. The Hall–Kier alpha value is -0.578. The fraction of sp³-hybridized carbons (Fsp3) is 0.700. The van der Waals surface area contributed by atoms with Gasteiger partial charge in [0.1, 0.15) is 0 Å². The van der Waals surface area contributed by atoms with Crippen LogP contribution in [-0.4, -0.2) is 26.4 Å². The van der Waals surface area contributed by atoms with Crippen molar-refractivity contribution in [3.05, 3.63) is 30.3 Å². The maximum Gasteiger partial charge on any atom is 0.461 e. The molecule has 2 aliphatic rings. The van der Waals surface area contributed by atoms with Crippen molar-refractivity contribution in [2.24, 2.45) is 0 Å². The zero-order valence-corrected chi connectivity index (χ0v) is 17.3. The minimum absolute atomic E-state index is 0.0162. The maximum absolute atomic E-state index is 6.30. The molecule has 1 aromatic rings. The summed E-state index contributed by atoms with van der Waals surface area (Å²) in [5.41, 5.74) is 0.470. The van der Waals surface area contributed by atoms with E-state index in [0.29, 0.717) is 5.82 Å². The zero-order valence-electron chi connectivity index (χ0n) is 16.3. The van der Waals surface area contributed by atoms with Gasteiger partial charge in [-0.05, 0) is 39.1 Å². The lowest BCUT2D eigenvalue weighted by atomic mass is 9.64. The molecule has 0 atom stereocenters. The van der Waals surface area contributed by atoms with Gasteiger partial charge in [0.15, 0.2) is 0 Å². The Labute approximate surface area is 149 Å². The Kier molecular flexibility index (Phi) is 4.78. The largest absolute Gasteiger partial charge is 0.461 e. The molecule has 132 valence electrons. The van der Waals surface area contributed by atoms with Gasteiger partial charge in [-0.1, -0.05) is 74.3 Å². The van der Waals surface area contributed by atoms with Crippen molar-refractivity contribution in [2.45, 2.75) is 89.0 Å². The first kappa shape index (κ1) is 18.2. The predicted molar refractivity (Wildman–Crippen MR) is 106 cm³/mol. The van der Waals surface area contributed by atoms with Crippen LogP contribution in [0.4, 0.5) is 0 Å². The first-order valence-electron chi connectivity index (χ1n) is 9.55. The van der Waals surface area contributed by atoms with E-state index in [0.717, 1.165) is 5.54 Å². The van der Waals surface area contributed by atoms with Gasteiger partial charge in [-0.15, -0.1) is 0 Å². The normalized spacial score (nSPS) is 29.7. The third-order valence-electron chi connectivity index (χ3n) is 6.97. The van der Waals surface area contributed by atoms with Crippen LogP contribution in [0.15, 0.2) is 30.3 Å². The third-order valence-corrected chi connectivity index (χ3v) is 11.4. The summed E-state index contributed by atoms with van der Waals surface area (Å²) >= 11 is 0. The average Bonchev–Trinajstić information content (AvgIpc) is 2.76. The van der Waals surface area contributed by atoms with E-state index in [1.54, 1.807) is 5.19 Å². The number of benzene rings is 1. The second-order valence-electron chi connectivity index (χ2n) is 9.32. The fourth-order valence-electron chi connectivity index (χ4n) is 4.30. The molecule has 0 spiro atoms. The van der Waals surface area contributed by atoms with Crippen LogP contribution >= 0.6 is 0 Å². The lowest BCUT2D eigenvalue weighted by Crippen LogP contribution is -2.47. The molecule has 0 radical (unpaired) electrons. The molecule has 1 heterocycles. The van der Waals surface area contributed by atoms with Crippen molar-refractivity contribution in [1.29, 1.82) is 0 Å². The van der Waals surface area contributed by atoms with Crippen molar-refractivity contribution in [2.75, 3.05) is 0 Å². The van der Waals surface area contributed by atoms with E-state index in [9.17, 15) is 0 Å². The Balaban J connectivity index is 1.63. The first-order chi connectivity index (χ1) is 11.1. The van der Waals surface area contributed by atoms with Gasteiger partial charge in [-0.2, -0.15) is 0 Å². The van der Waals surface area contributed by atoms with Crippen molar-refractivity contribution in [3.8, 4) is 0 Å². The summed E-state index contributed by atoms with van der Waals surface area (Å²) in [6.07, 6.45) is 5.13. The molecule has 24 heavy (non-hydrogen) atoms. The van der Waals surface area contributed by atoms with Crippen LogP contribution in [0.25, 0.3) is 0 Å². The molecular weight excluding hydrogens is 311 g/mol. The van der Waals surface area contributed by atoms with E-state index in [2.05, 4.69) is 71.1 Å².